The molecule has 2 aliphatic rings. The van der Waals surface area contributed by atoms with Crippen LogP contribution in [0.3, 0.4) is 0 Å². The highest BCUT2D eigenvalue weighted by molar-refractivity contribution is 8.18. The van der Waals surface area contributed by atoms with Gasteiger partial charge in [-0.1, -0.05) is 0 Å². The molecule has 6 nitrogen and oxygen atoms in total. The van der Waals surface area contributed by atoms with Crippen molar-refractivity contribution in [1.29, 1.82) is 0 Å². The van der Waals surface area contributed by atoms with Crippen molar-refractivity contribution in [3.63, 3.8) is 0 Å². The van der Waals surface area contributed by atoms with Gasteiger partial charge in [0.25, 0.3) is 11.1 Å². The monoisotopic (exact) mass is 308 g/mol. The highest BCUT2D eigenvalue weighted by Crippen LogP contribution is 2.25. The van der Waals surface area contributed by atoms with Crippen LogP contribution < -0.4 is 10.2 Å². The Balaban J connectivity index is 1.82. The summed E-state index contributed by atoms with van der Waals surface area (Å²) in [5.74, 6) is 0.0217. The number of amides is 2. The predicted molar refractivity (Wildman–Crippen MR) is 77.5 cm³/mol. The number of hydrogen-bond donors (Lipinski definition) is 1. The molecule has 2 amide bonds. The molecule has 0 saturated carbocycles. The second-order valence-electron chi connectivity index (χ2n) is 4.82. The van der Waals surface area contributed by atoms with Crippen molar-refractivity contribution < 1.29 is 14.0 Å². The minimum atomic E-state index is -0.863. The van der Waals surface area contributed by atoms with Crippen LogP contribution in [-0.2, 0) is 4.79 Å². The number of halogens is 1. The second kappa shape index (κ2) is 5.80. The van der Waals surface area contributed by atoms with Crippen LogP contribution in [0.1, 0.15) is 18.5 Å². The molecule has 0 radical (unpaired) electrons. The maximum absolute atomic E-state index is 13.4. The van der Waals surface area contributed by atoms with E-state index in [1.165, 1.54) is 6.08 Å². The van der Waals surface area contributed by atoms with Gasteiger partial charge in [0.15, 0.2) is 0 Å². The minimum Gasteiger partial charge on any atom is -0.338 e. The van der Waals surface area contributed by atoms with Crippen molar-refractivity contribution in [3.8, 4) is 0 Å². The molecule has 1 aromatic heterocycles. The van der Waals surface area contributed by atoms with Gasteiger partial charge in [0.2, 0.25) is 5.95 Å². The van der Waals surface area contributed by atoms with Crippen LogP contribution in [-0.4, -0.2) is 40.4 Å². The molecule has 2 saturated heterocycles. The first-order chi connectivity index (χ1) is 10.1. The summed E-state index contributed by atoms with van der Waals surface area (Å²) in [6.45, 7) is 1.00. The molecule has 1 atom stereocenters. The number of rotatable bonds is 2. The van der Waals surface area contributed by atoms with Crippen molar-refractivity contribution in [2.75, 3.05) is 18.0 Å². The number of thioether (sulfide) groups is 1. The third-order valence-electron chi connectivity index (χ3n) is 3.23. The highest BCUT2D eigenvalue weighted by atomic mass is 32.2. The van der Waals surface area contributed by atoms with E-state index in [0.29, 0.717) is 29.5 Å². The first kappa shape index (κ1) is 14.0. The van der Waals surface area contributed by atoms with E-state index in [-0.39, 0.29) is 6.54 Å². The smallest absolute Gasteiger partial charge is 0.290 e. The number of nitrogens with one attached hydrogen (secondary N) is 1. The van der Waals surface area contributed by atoms with Gasteiger partial charge in [0, 0.05) is 12.7 Å². The molecule has 3 rings (SSSR count). The third kappa shape index (κ3) is 3.21. The molecule has 0 spiro atoms. The van der Waals surface area contributed by atoms with Crippen LogP contribution in [0.2, 0.25) is 0 Å². The lowest BCUT2D eigenvalue weighted by Crippen LogP contribution is -2.37. The molecule has 0 aliphatic carbocycles. The number of hydrogen-bond acceptors (Lipinski definition) is 6. The van der Waals surface area contributed by atoms with Crippen molar-refractivity contribution >= 4 is 34.9 Å². The van der Waals surface area contributed by atoms with Gasteiger partial charge in [0.1, 0.15) is 6.17 Å². The van der Waals surface area contributed by atoms with Gasteiger partial charge < -0.3 is 4.90 Å². The Bertz CT molecular complexity index is 622. The summed E-state index contributed by atoms with van der Waals surface area (Å²) < 4.78 is 13.4. The molecule has 8 heteroatoms. The zero-order chi connectivity index (χ0) is 14.8. The van der Waals surface area contributed by atoms with Gasteiger partial charge in [-0.25, -0.2) is 14.4 Å². The SMILES string of the molecule is O=C1NC(=O)/C(=C/c2ccnc(N3CCCC(F)C3)n2)S1. The first-order valence-electron chi connectivity index (χ1n) is 6.59. The van der Waals surface area contributed by atoms with Crippen LogP contribution in [0.5, 0.6) is 0 Å². The number of alkyl halides is 1. The summed E-state index contributed by atoms with van der Waals surface area (Å²) >= 11 is 0.838. The number of piperidine rings is 1. The van der Waals surface area contributed by atoms with Crippen LogP contribution in [0, 0.1) is 0 Å². The standard InChI is InChI=1S/C13H13FN4O2S/c14-8-2-1-5-18(7-8)12-15-4-3-9(16-12)6-10-11(19)17-13(20)21-10/h3-4,6,8H,1-2,5,7H2,(H,17,19,20)/b10-6-. The molecule has 21 heavy (non-hydrogen) atoms. The van der Waals surface area contributed by atoms with Crippen LogP contribution in [0.25, 0.3) is 6.08 Å². The largest absolute Gasteiger partial charge is 0.338 e. The lowest BCUT2D eigenvalue weighted by atomic mass is 10.1. The molecule has 3 heterocycles. The van der Waals surface area contributed by atoms with Gasteiger partial charge >= 0.3 is 0 Å². The zero-order valence-corrected chi connectivity index (χ0v) is 11.9. The lowest BCUT2D eigenvalue weighted by molar-refractivity contribution is -0.115. The maximum Gasteiger partial charge on any atom is 0.290 e. The van der Waals surface area contributed by atoms with Crippen molar-refractivity contribution in [2.24, 2.45) is 0 Å². The summed E-state index contributed by atoms with van der Waals surface area (Å²) in [5.41, 5.74) is 0.522. The highest BCUT2D eigenvalue weighted by Gasteiger charge is 2.25. The van der Waals surface area contributed by atoms with Crippen LogP contribution in [0.4, 0.5) is 15.1 Å². The molecular weight excluding hydrogens is 295 g/mol. The van der Waals surface area contributed by atoms with Gasteiger partial charge in [-0.3, -0.25) is 14.9 Å². The number of nitrogens with zero attached hydrogens (tertiary/aromatic N) is 3. The molecule has 1 N–H and O–H groups in total. The molecule has 2 aliphatic heterocycles. The van der Waals surface area contributed by atoms with E-state index in [4.69, 9.17) is 0 Å². The lowest BCUT2D eigenvalue weighted by Gasteiger charge is -2.28. The van der Waals surface area contributed by atoms with Gasteiger partial charge in [-0.05, 0) is 36.7 Å². The summed E-state index contributed by atoms with van der Waals surface area (Å²) in [7, 11) is 0. The van der Waals surface area contributed by atoms with E-state index in [9.17, 15) is 14.0 Å². The van der Waals surface area contributed by atoms with Gasteiger partial charge in [-0.2, -0.15) is 0 Å². The molecule has 110 valence electrons. The Hall–Kier alpha value is -1.96. The van der Waals surface area contributed by atoms with Crippen LogP contribution >= 0.6 is 11.8 Å². The average Bonchev–Trinajstić information content (AvgIpc) is 2.77. The Labute approximate surface area is 124 Å². The average molecular weight is 308 g/mol. The summed E-state index contributed by atoms with van der Waals surface area (Å²) in [6.07, 6.45) is 3.57. The van der Waals surface area contributed by atoms with Crippen molar-refractivity contribution in [2.45, 2.75) is 19.0 Å². The fraction of sp³-hybridized carbons (Fsp3) is 0.385. The topological polar surface area (TPSA) is 75.2 Å². The normalized spacial score (nSPS) is 24.5. The fourth-order valence-corrected chi connectivity index (χ4v) is 2.92. The fourth-order valence-electron chi connectivity index (χ4n) is 2.26. The molecule has 0 bridgehead atoms. The predicted octanol–water partition coefficient (Wildman–Crippen LogP) is 1.74. The van der Waals surface area contributed by atoms with E-state index in [2.05, 4.69) is 15.3 Å². The zero-order valence-electron chi connectivity index (χ0n) is 11.1. The molecule has 1 unspecified atom stereocenters. The quantitative estimate of drug-likeness (QED) is 0.839. The van der Waals surface area contributed by atoms with Crippen molar-refractivity contribution in [1.82, 2.24) is 15.3 Å². The van der Waals surface area contributed by atoms with Crippen LogP contribution in [0.15, 0.2) is 17.2 Å². The summed E-state index contributed by atoms with van der Waals surface area (Å²) in [6, 6.07) is 1.64. The Morgan fingerprint density at radius 1 is 1.48 bits per heavy atom. The van der Waals surface area contributed by atoms with E-state index < -0.39 is 17.3 Å². The summed E-state index contributed by atoms with van der Waals surface area (Å²) in [5, 5.41) is 1.79. The molecule has 0 aromatic carbocycles. The number of aromatic nitrogens is 2. The maximum atomic E-state index is 13.4. The van der Waals surface area contributed by atoms with E-state index in [0.717, 1.165) is 18.2 Å². The molecular formula is C13H13FN4O2S. The first-order valence-corrected chi connectivity index (χ1v) is 7.40. The minimum absolute atomic E-state index is 0.285. The van der Waals surface area contributed by atoms with E-state index in [1.807, 2.05) is 0 Å². The Kier molecular flexibility index (Phi) is 3.87. The number of anilines is 1. The molecule has 1 aromatic rings. The van der Waals surface area contributed by atoms with Gasteiger partial charge in [-0.15, -0.1) is 0 Å². The second-order valence-corrected chi connectivity index (χ2v) is 5.83. The number of carbonyl (C=O) groups is 2. The number of carbonyl (C=O) groups excluding carboxylic acids is 2. The summed E-state index contributed by atoms with van der Waals surface area (Å²) in [4.78, 5) is 33.2. The van der Waals surface area contributed by atoms with E-state index in [1.54, 1.807) is 17.2 Å². The van der Waals surface area contributed by atoms with Crippen molar-refractivity contribution in [3.05, 3.63) is 22.9 Å². The third-order valence-corrected chi connectivity index (χ3v) is 4.04. The Morgan fingerprint density at radius 2 is 2.33 bits per heavy atom. The van der Waals surface area contributed by atoms with E-state index >= 15 is 0 Å². The number of imide groups is 1. The van der Waals surface area contributed by atoms with Gasteiger partial charge in [0.05, 0.1) is 17.1 Å². The Morgan fingerprint density at radius 3 is 3.05 bits per heavy atom. The molecule has 2 fully saturated rings.